The van der Waals surface area contributed by atoms with Crippen LogP contribution in [0.1, 0.15) is 33.2 Å². The number of carbonyl (C=O) groups is 1. The molecule has 56 heavy (non-hydrogen) atoms. The Hall–Kier alpha value is -6.65. The minimum atomic E-state index is -0.792. The molecule has 1 atom stereocenters. The van der Waals surface area contributed by atoms with E-state index in [2.05, 4.69) is 0 Å². The van der Waals surface area contributed by atoms with Crippen molar-refractivity contribution in [2.75, 3.05) is 56.9 Å². The molecule has 0 aliphatic heterocycles. The minimum absolute atomic E-state index is 0.0942. The highest BCUT2D eigenvalue weighted by molar-refractivity contribution is 6.09. The first-order valence-electron chi connectivity index (χ1n) is 17.5. The van der Waals surface area contributed by atoms with Crippen molar-refractivity contribution < 1.29 is 47.8 Å². The van der Waals surface area contributed by atoms with Crippen molar-refractivity contribution in [1.29, 1.82) is 0 Å². The van der Waals surface area contributed by atoms with Crippen molar-refractivity contribution in [1.82, 2.24) is 0 Å². The third-order valence-corrected chi connectivity index (χ3v) is 9.13. The molecule has 1 unspecified atom stereocenters. The molecule has 0 fully saturated rings. The Bertz CT molecular complexity index is 2260. The molecule has 0 radical (unpaired) electrons. The lowest BCUT2D eigenvalue weighted by atomic mass is 9.96. The minimum Gasteiger partial charge on any atom is -0.493 e. The number of hydrogen-bond acceptors (Lipinski definition) is 10. The van der Waals surface area contributed by atoms with Gasteiger partial charge in [0.05, 0.1) is 56.9 Å². The van der Waals surface area contributed by atoms with Gasteiger partial charge in [0.15, 0.2) is 51.8 Å². The summed E-state index contributed by atoms with van der Waals surface area (Å²) in [5.41, 5.74) is 6.40. The number of carbonyl (C=O) groups excluding carboxylic acids is 1. The number of aliphatic hydroxyl groups is 1. The highest BCUT2D eigenvalue weighted by Crippen LogP contribution is 2.37. The normalized spacial score (nSPS) is 10.9. The molecule has 0 aliphatic rings. The van der Waals surface area contributed by atoms with Crippen LogP contribution in [-0.4, -0.2) is 67.8 Å². The van der Waals surface area contributed by atoms with Gasteiger partial charge in [-0.15, -0.1) is 0 Å². The highest BCUT2D eigenvalue weighted by atomic mass is 16.5. The van der Waals surface area contributed by atoms with Crippen molar-refractivity contribution in [2.45, 2.75) is 6.10 Å². The number of ketones is 1. The van der Waals surface area contributed by atoms with Crippen LogP contribution in [0.3, 0.4) is 0 Å². The lowest BCUT2D eigenvalue weighted by Gasteiger charge is -2.16. The first kappa shape index (κ1) is 40.5. The molecular weight excluding hydrogens is 712 g/mol. The molecule has 1 N–H and O–H groups in total. The largest absolute Gasteiger partial charge is 0.493 e. The zero-order chi connectivity index (χ0) is 40.2. The molecule has 6 aromatic carbocycles. The molecule has 0 aromatic heterocycles. The number of ether oxygens (including phenoxy) is 8. The van der Waals surface area contributed by atoms with Gasteiger partial charge >= 0.3 is 0 Å². The molecule has 0 saturated heterocycles. The van der Waals surface area contributed by atoms with Crippen LogP contribution in [0.15, 0.2) is 121 Å². The fourth-order valence-electron chi connectivity index (χ4n) is 6.12. The summed E-state index contributed by atoms with van der Waals surface area (Å²) in [7, 11) is 12.7. The van der Waals surface area contributed by atoms with Crippen molar-refractivity contribution in [2.24, 2.45) is 0 Å². The Morgan fingerprint density at radius 1 is 0.375 bits per heavy atom. The lowest BCUT2D eigenvalue weighted by Crippen LogP contribution is -2.02. The fourth-order valence-corrected chi connectivity index (χ4v) is 6.12. The van der Waals surface area contributed by atoms with Crippen LogP contribution >= 0.6 is 0 Å². The smallest absolute Gasteiger partial charge is 0.193 e. The summed E-state index contributed by atoms with van der Waals surface area (Å²) in [4.78, 5) is 13.0. The van der Waals surface area contributed by atoms with Crippen LogP contribution < -0.4 is 37.9 Å². The summed E-state index contributed by atoms with van der Waals surface area (Å²) in [6.07, 6.45) is -0.792. The van der Waals surface area contributed by atoms with Crippen LogP contribution in [0.5, 0.6) is 46.0 Å². The van der Waals surface area contributed by atoms with Gasteiger partial charge < -0.3 is 43.0 Å². The van der Waals surface area contributed by atoms with Gasteiger partial charge in [-0.3, -0.25) is 4.79 Å². The van der Waals surface area contributed by atoms with Gasteiger partial charge in [0.1, 0.15) is 6.10 Å². The van der Waals surface area contributed by atoms with Crippen molar-refractivity contribution in [3.05, 3.63) is 144 Å². The summed E-state index contributed by atoms with van der Waals surface area (Å²) >= 11 is 0. The maximum atomic E-state index is 13.0. The number of benzene rings is 6. The Morgan fingerprint density at radius 3 is 1.27 bits per heavy atom. The summed E-state index contributed by atoms with van der Waals surface area (Å²) in [5, 5.41) is 10.9. The van der Waals surface area contributed by atoms with E-state index in [1.807, 2.05) is 84.9 Å². The van der Waals surface area contributed by atoms with Gasteiger partial charge in [0, 0.05) is 11.1 Å². The van der Waals surface area contributed by atoms with Crippen LogP contribution in [0, 0.1) is 0 Å². The summed E-state index contributed by atoms with van der Waals surface area (Å²) in [6.45, 7) is 0. The topological polar surface area (TPSA) is 111 Å². The van der Waals surface area contributed by atoms with E-state index < -0.39 is 6.10 Å². The van der Waals surface area contributed by atoms with Crippen LogP contribution in [-0.2, 0) is 0 Å². The van der Waals surface area contributed by atoms with E-state index in [0.29, 0.717) is 57.1 Å². The molecule has 0 spiro atoms. The van der Waals surface area contributed by atoms with E-state index in [4.69, 9.17) is 37.9 Å². The average molecular weight is 759 g/mol. The van der Waals surface area contributed by atoms with E-state index in [1.165, 1.54) is 0 Å². The second-order valence-corrected chi connectivity index (χ2v) is 12.3. The third kappa shape index (κ3) is 9.17. The second-order valence-electron chi connectivity index (χ2n) is 12.3. The predicted octanol–water partition coefficient (Wildman–Crippen LogP) is 9.09. The fraction of sp³-hybridized carbons (Fsp3) is 0.196. The van der Waals surface area contributed by atoms with Crippen LogP contribution in [0.4, 0.5) is 0 Å². The molecular formula is C46H46O10. The van der Waals surface area contributed by atoms with Crippen LogP contribution in [0.25, 0.3) is 22.3 Å². The average Bonchev–Trinajstić information content (AvgIpc) is 3.27. The molecule has 10 nitrogen and oxygen atoms in total. The van der Waals surface area contributed by atoms with E-state index in [-0.39, 0.29) is 5.78 Å². The summed E-state index contributed by atoms with van der Waals surface area (Å²) in [5.74, 6) is 4.83. The Kier molecular flexibility index (Phi) is 13.8. The lowest BCUT2D eigenvalue weighted by molar-refractivity contribution is 0.103. The highest BCUT2D eigenvalue weighted by Gasteiger charge is 2.17. The Morgan fingerprint density at radius 2 is 0.750 bits per heavy atom. The van der Waals surface area contributed by atoms with Crippen molar-refractivity contribution >= 4 is 5.78 Å². The van der Waals surface area contributed by atoms with Gasteiger partial charge in [0.25, 0.3) is 0 Å². The molecule has 6 aromatic rings. The molecule has 0 saturated carbocycles. The zero-order valence-electron chi connectivity index (χ0n) is 32.7. The molecule has 0 amide bonds. The molecule has 10 heteroatoms. The molecule has 0 bridgehead atoms. The first-order valence-corrected chi connectivity index (χ1v) is 17.5. The van der Waals surface area contributed by atoms with E-state index in [0.717, 1.165) is 33.4 Å². The summed E-state index contributed by atoms with van der Waals surface area (Å²) < 4.78 is 42.5. The first-order chi connectivity index (χ1) is 27.2. The van der Waals surface area contributed by atoms with Crippen molar-refractivity contribution in [3.8, 4) is 68.2 Å². The Labute approximate surface area is 327 Å². The maximum absolute atomic E-state index is 13.0. The maximum Gasteiger partial charge on any atom is 0.193 e. The summed E-state index contributed by atoms with van der Waals surface area (Å²) in [6, 6.07) is 37.2. The van der Waals surface area contributed by atoms with E-state index >= 15 is 0 Å². The van der Waals surface area contributed by atoms with Crippen LogP contribution in [0.2, 0.25) is 0 Å². The number of rotatable bonds is 14. The standard InChI is InChI=1S/C23H24O5.C23H22O5/c2*1-25-19-10-8-16(13-21(19)27-3)15-6-5-7-17(12-15)23(24)18-9-11-20(26-2)22(14-18)28-4/h5-14,23-24H,1-4H3;5-14H,1-4H3. The second kappa shape index (κ2) is 19.1. The number of hydrogen-bond donors (Lipinski definition) is 1. The van der Waals surface area contributed by atoms with Gasteiger partial charge in [-0.2, -0.15) is 0 Å². The van der Waals surface area contributed by atoms with Gasteiger partial charge in [-0.1, -0.05) is 54.6 Å². The monoisotopic (exact) mass is 758 g/mol. The molecule has 0 heterocycles. The van der Waals surface area contributed by atoms with E-state index in [9.17, 15) is 9.90 Å². The molecule has 0 aliphatic carbocycles. The van der Waals surface area contributed by atoms with Gasteiger partial charge in [-0.05, 0) is 100 Å². The molecule has 290 valence electrons. The third-order valence-electron chi connectivity index (χ3n) is 9.13. The predicted molar refractivity (Wildman–Crippen MR) is 217 cm³/mol. The molecule has 6 rings (SSSR count). The Balaban J connectivity index is 0.000000214. The van der Waals surface area contributed by atoms with Gasteiger partial charge in [0.2, 0.25) is 0 Å². The van der Waals surface area contributed by atoms with Crippen molar-refractivity contribution in [3.63, 3.8) is 0 Å². The zero-order valence-corrected chi connectivity index (χ0v) is 32.7. The number of methoxy groups -OCH3 is 8. The quantitative estimate of drug-likeness (QED) is 0.108. The SMILES string of the molecule is COc1ccc(-c2cccc(C(O)c3ccc(OC)c(OC)c3)c2)cc1OC.COc1ccc(C(=O)c2cccc(-c3ccc(OC)c(OC)c3)c2)cc1OC. The van der Waals surface area contributed by atoms with Gasteiger partial charge in [-0.25, -0.2) is 0 Å². The van der Waals surface area contributed by atoms with E-state index in [1.54, 1.807) is 93.3 Å². The number of aliphatic hydroxyl groups excluding tert-OH is 1.